The second-order valence-electron chi connectivity index (χ2n) is 5.50. The van der Waals surface area contributed by atoms with Crippen molar-refractivity contribution < 1.29 is 4.74 Å². The number of nitrogens with zero attached hydrogens (tertiary/aromatic N) is 1. The van der Waals surface area contributed by atoms with Crippen molar-refractivity contribution in [3.05, 3.63) is 29.3 Å². The average Bonchev–Trinajstić information content (AvgIpc) is 2.39. The third-order valence-corrected chi connectivity index (χ3v) is 3.92. The van der Waals surface area contributed by atoms with Gasteiger partial charge in [-0.2, -0.15) is 0 Å². The van der Waals surface area contributed by atoms with Crippen LogP contribution in [0.2, 0.25) is 0 Å². The second kappa shape index (κ2) is 5.29. The highest BCUT2D eigenvalue weighted by atomic mass is 16.5. The number of hydrogen-bond acceptors (Lipinski definition) is 3. The van der Waals surface area contributed by atoms with Gasteiger partial charge in [0.1, 0.15) is 5.75 Å². The Bertz CT molecular complexity index is 409. The Hall–Kier alpha value is -1.06. The summed E-state index contributed by atoms with van der Waals surface area (Å²) >= 11 is 0. The molecule has 18 heavy (non-hydrogen) atoms. The van der Waals surface area contributed by atoms with Crippen LogP contribution >= 0.6 is 0 Å². The molecular weight excluding hydrogens is 224 g/mol. The van der Waals surface area contributed by atoms with Gasteiger partial charge in [-0.1, -0.05) is 17.7 Å². The van der Waals surface area contributed by atoms with Gasteiger partial charge in [-0.15, -0.1) is 0 Å². The van der Waals surface area contributed by atoms with Crippen molar-refractivity contribution in [3.63, 3.8) is 0 Å². The van der Waals surface area contributed by atoms with E-state index < -0.39 is 0 Å². The van der Waals surface area contributed by atoms with Gasteiger partial charge in [0.2, 0.25) is 0 Å². The molecule has 0 bridgehead atoms. The Kier molecular flexibility index (Phi) is 3.93. The highest BCUT2D eigenvalue weighted by molar-refractivity contribution is 5.41. The molecule has 3 nitrogen and oxygen atoms in total. The lowest BCUT2D eigenvalue weighted by Gasteiger charge is -2.42. The second-order valence-corrected chi connectivity index (χ2v) is 5.50. The van der Waals surface area contributed by atoms with Gasteiger partial charge in [-0.05, 0) is 26.8 Å². The van der Waals surface area contributed by atoms with E-state index in [1.807, 2.05) is 0 Å². The predicted octanol–water partition coefficient (Wildman–Crippen LogP) is 2.14. The van der Waals surface area contributed by atoms with Crippen LogP contribution in [0, 0.1) is 6.92 Å². The molecule has 0 amide bonds. The molecule has 0 spiro atoms. The Morgan fingerprint density at radius 2 is 1.89 bits per heavy atom. The van der Waals surface area contributed by atoms with Crippen LogP contribution in [0.1, 0.15) is 25.0 Å². The van der Waals surface area contributed by atoms with E-state index in [0.29, 0.717) is 0 Å². The summed E-state index contributed by atoms with van der Waals surface area (Å²) in [5.74, 6) is 0.990. The van der Waals surface area contributed by atoms with Gasteiger partial charge >= 0.3 is 0 Å². The smallest absolute Gasteiger partial charge is 0.123 e. The Morgan fingerprint density at radius 3 is 2.50 bits per heavy atom. The van der Waals surface area contributed by atoms with E-state index >= 15 is 0 Å². The van der Waals surface area contributed by atoms with Gasteiger partial charge in [-0.3, -0.25) is 4.90 Å². The molecule has 0 radical (unpaired) electrons. The van der Waals surface area contributed by atoms with Crippen molar-refractivity contribution in [2.45, 2.75) is 26.3 Å². The SMILES string of the molecule is COc1ccc(C)cc1C(C)(C)N1CCNCC1. The number of ether oxygens (including phenoxy) is 1. The zero-order chi connectivity index (χ0) is 13.2. The summed E-state index contributed by atoms with van der Waals surface area (Å²) in [6.45, 7) is 11.0. The molecule has 3 heteroatoms. The third kappa shape index (κ3) is 2.52. The minimum atomic E-state index is 0.0134. The quantitative estimate of drug-likeness (QED) is 0.887. The van der Waals surface area contributed by atoms with Gasteiger partial charge in [0.15, 0.2) is 0 Å². The fourth-order valence-electron chi connectivity index (χ4n) is 2.69. The molecule has 0 aliphatic carbocycles. The highest BCUT2D eigenvalue weighted by Crippen LogP contribution is 2.35. The van der Waals surface area contributed by atoms with E-state index in [2.05, 4.69) is 49.2 Å². The first-order valence-corrected chi connectivity index (χ1v) is 6.66. The maximum Gasteiger partial charge on any atom is 0.123 e. The van der Waals surface area contributed by atoms with E-state index in [9.17, 15) is 0 Å². The van der Waals surface area contributed by atoms with E-state index in [4.69, 9.17) is 4.74 Å². The van der Waals surface area contributed by atoms with Crippen molar-refractivity contribution in [1.29, 1.82) is 0 Å². The standard InChI is InChI=1S/C15H24N2O/c1-12-5-6-14(18-4)13(11-12)15(2,3)17-9-7-16-8-10-17/h5-6,11,16H,7-10H2,1-4H3. The summed E-state index contributed by atoms with van der Waals surface area (Å²) in [7, 11) is 1.75. The molecule has 2 rings (SSSR count). The lowest BCUT2D eigenvalue weighted by molar-refractivity contribution is 0.0999. The number of rotatable bonds is 3. The van der Waals surface area contributed by atoms with Crippen LogP contribution in [0.25, 0.3) is 0 Å². The molecule has 1 fully saturated rings. The van der Waals surface area contributed by atoms with Crippen molar-refractivity contribution in [2.75, 3.05) is 33.3 Å². The van der Waals surface area contributed by atoms with Crippen LogP contribution in [-0.4, -0.2) is 38.2 Å². The molecule has 0 saturated carbocycles. The van der Waals surface area contributed by atoms with Crippen molar-refractivity contribution in [1.82, 2.24) is 10.2 Å². The summed E-state index contributed by atoms with van der Waals surface area (Å²) in [5.41, 5.74) is 2.58. The van der Waals surface area contributed by atoms with Crippen LogP contribution in [0.15, 0.2) is 18.2 Å². The van der Waals surface area contributed by atoms with Gasteiger partial charge in [0.25, 0.3) is 0 Å². The van der Waals surface area contributed by atoms with Crippen molar-refractivity contribution in [2.24, 2.45) is 0 Å². The topological polar surface area (TPSA) is 24.5 Å². The molecule has 1 aromatic carbocycles. The largest absolute Gasteiger partial charge is 0.496 e. The molecule has 1 aliphatic heterocycles. The van der Waals surface area contributed by atoms with Crippen LogP contribution in [0.5, 0.6) is 5.75 Å². The first-order valence-electron chi connectivity index (χ1n) is 6.66. The molecule has 1 N–H and O–H groups in total. The number of hydrogen-bond donors (Lipinski definition) is 1. The van der Waals surface area contributed by atoms with Crippen LogP contribution in [0.4, 0.5) is 0 Å². The number of nitrogens with one attached hydrogen (secondary N) is 1. The minimum Gasteiger partial charge on any atom is -0.496 e. The summed E-state index contributed by atoms with van der Waals surface area (Å²) in [5, 5.41) is 3.41. The predicted molar refractivity (Wildman–Crippen MR) is 75.2 cm³/mol. The number of methoxy groups -OCH3 is 1. The summed E-state index contributed by atoms with van der Waals surface area (Å²) < 4.78 is 5.54. The van der Waals surface area contributed by atoms with Crippen LogP contribution in [0.3, 0.4) is 0 Å². The van der Waals surface area contributed by atoms with E-state index in [1.54, 1.807) is 7.11 Å². The maximum absolute atomic E-state index is 5.54. The summed E-state index contributed by atoms with van der Waals surface area (Å²) in [4.78, 5) is 2.53. The molecule has 100 valence electrons. The molecule has 1 saturated heterocycles. The molecule has 0 atom stereocenters. The number of aryl methyl sites for hydroxylation is 1. The Balaban J connectivity index is 2.35. The molecule has 0 aromatic heterocycles. The first kappa shape index (κ1) is 13.4. The van der Waals surface area contributed by atoms with Crippen molar-refractivity contribution >= 4 is 0 Å². The molecule has 1 heterocycles. The number of piperazine rings is 1. The zero-order valence-corrected chi connectivity index (χ0v) is 11.9. The van der Waals surface area contributed by atoms with Gasteiger partial charge < -0.3 is 10.1 Å². The summed E-state index contributed by atoms with van der Waals surface area (Å²) in [6.07, 6.45) is 0. The lowest BCUT2D eigenvalue weighted by atomic mass is 9.89. The molecular formula is C15H24N2O. The van der Waals surface area contributed by atoms with E-state index in [1.165, 1.54) is 11.1 Å². The van der Waals surface area contributed by atoms with E-state index in [-0.39, 0.29) is 5.54 Å². The van der Waals surface area contributed by atoms with Crippen molar-refractivity contribution in [3.8, 4) is 5.75 Å². The minimum absolute atomic E-state index is 0.0134. The first-order chi connectivity index (χ1) is 8.55. The zero-order valence-electron chi connectivity index (χ0n) is 11.9. The Labute approximate surface area is 110 Å². The molecule has 1 aromatic rings. The Morgan fingerprint density at radius 1 is 1.22 bits per heavy atom. The monoisotopic (exact) mass is 248 g/mol. The maximum atomic E-state index is 5.54. The fraction of sp³-hybridized carbons (Fsp3) is 0.600. The van der Waals surface area contributed by atoms with Gasteiger partial charge in [-0.25, -0.2) is 0 Å². The fourth-order valence-corrected chi connectivity index (χ4v) is 2.69. The molecule has 1 aliphatic rings. The summed E-state index contributed by atoms with van der Waals surface area (Å²) in [6, 6.07) is 6.44. The lowest BCUT2D eigenvalue weighted by Crippen LogP contribution is -2.51. The van der Waals surface area contributed by atoms with E-state index in [0.717, 1.165) is 31.9 Å². The average molecular weight is 248 g/mol. The number of benzene rings is 1. The highest BCUT2D eigenvalue weighted by Gasteiger charge is 2.32. The molecule has 0 unspecified atom stereocenters. The van der Waals surface area contributed by atoms with Crippen LogP contribution in [-0.2, 0) is 5.54 Å². The van der Waals surface area contributed by atoms with Gasteiger partial charge in [0.05, 0.1) is 7.11 Å². The van der Waals surface area contributed by atoms with Gasteiger partial charge in [0, 0.05) is 37.3 Å². The normalized spacial score (nSPS) is 17.8. The third-order valence-electron chi connectivity index (χ3n) is 3.92. The van der Waals surface area contributed by atoms with Crippen LogP contribution < -0.4 is 10.1 Å².